The summed E-state index contributed by atoms with van der Waals surface area (Å²) >= 11 is 1.89. The highest BCUT2D eigenvalue weighted by Crippen LogP contribution is 2.50. The summed E-state index contributed by atoms with van der Waals surface area (Å²) in [4.78, 5) is 1.29. The lowest BCUT2D eigenvalue weighted by atomic mass is 9.58. The number of fused-ring (bicyclic) bond motifs is 10. The normalized spacial score (nSPS) is 13.0. The van der Waals surface area contributed by atoms with Gasteiger partial charge < -0.3 is 14.3 Å². The van der Waals surface area contributed by atoms with Crippen LogP contribution in [0.4, 0.5) is 11.4 Å². The van der Waals surface area contributed by atoms with Gasteiger partial charge in [0.05, 0.1) is 16.4 Å². The highest BCUT2D eigenvalue weighted by Gasteiger charge is 2.34. The maximum Gasteiger partial charge on any atom is 0.198 e. The SMILES string of the molecule is CC(C)(C)c1ccc(Nc2ccc(C(C)(C)C)cc2-c2c3c4c(c5cc(C(C)(C)C)ccc5n4-c4cc5c(-c6ccccc6)c(-c6ccccc6)sc5cc4[B]3)c3oc4ccccc4c23)cc1. The predicted octanol–water partition coefficient (Wildman–Crippen LogP) is 16.5. The first kappa shape index (κ1) is 41.6. The molecule has 0 fully saturated rings. The number of aromatic nitrogens is 1. The molecule has 8 aromatic carbocycles. The summed E-state index contributed by atoms with van der Waals surface area (Å²) in [5.41, 5.74) is 19.7. The quantitative estimate of drug-likeness (QED) is 0.175. The molecule has 0 saturated heterocycles. The minimum absolute atomic E-state index is 0.0527. The number of furan rings is 1. The van der Waals surface area contributed by atoms with Crippen LogP contribution in [-0.2, 0) is 16.2 Å². The fourth-order valence-electron chi connectivity index (χ4n) is 10.5. The number of hydrogen-bond acceptors (Lipinski definition) is 3. The topological polar surface area (TPSA) is 30.1 Å². The van der Waals surface area contributed by atoms with Crippen molar-refractivity contribution in [2.45, 2.75) is 78.6 Å². The zero-order chi connectivity index (χ0) is 46.1. The molecule has 1 radical (unpaired) electrons. The van der Waals surface area contributed by atoms with E-state index in [1.54, 1.807) is 0 Å². The van der Waals surface area contributed by atoms with Crippen molar-refractivity contribution < 1.29 is 4.42 Å². The van der Waals surface area contributed by atoms with E-state index in [0.717, 1.165) is 44.3 Å². The molecule has 0 amide bonds. The standard InChI is InChI=1S/C62H54BN2OS/c1-60(2,3)38-24-28-41(29-25-38)64-47-30-26-39(61(4,5)6)32-43(47)53-54-42-22-16-17-23-50(42)66-58(54)55-44-33-40(62(7,8)9)27-31-48(44)65-49-34-45-51(35-46(49)63-56(53)57(55)65)67-59(37-20-14-11-15-21-37)52(45)36-18-12-10-13-19-36/h10-35,64H,1-9H3. The van der Waals surface area contributed by atoms with Gasteiger partial charge in [-0.3, -0.25) is 0 Å². The third-order valence-electron chi connectivity index (χ3n) is 14.1. The van der Waals surface area contributed by atoms with Crippen LogP contribution in [0.15, 0.2) is 162 Å². The maximum absolute atomic E-state index is 7.24. The first-order valence-corrected chi connectivity index (χ1v) is 24.5. The van der Waals surface area contributed by atoms with Gasteiger partial charge >= 0.3 is 0 Å². The molecule has 0 saturated carbocycles. The molecular formula is C62H54BN2OS. The van der Waals surface area contributed by atoms with Gasteiger partial charge in [-0.25, -0.2) is 0 Å². The van der Waals surface area contributed by atoms with Gasteiger partial charge in [0.15, 0.2) is 7.28 Å². The number of rotatable bonds is 5. The second-order valence-electron chi connectivity index (χ2n) is 21.7. The summed E-state index contributed by atoms with van der Waals surface area (Å²) in [6.45, 7) is 20.7. The average Bonchev–Trinajstić information content (AvgIpc) is 3.99. The Morgan fingerprint density at radius 1 is 0.537 bits per heavy atom. The fraction of sp³-hybridized carbons (Fsp3) is 0.194. The predicted molar refractivity (Wildman–Crippen MR) is 291 cm³/mol. The number of para-hydroxylation sites is 1. The van der Waals surface area contributed by atoms with Gasteiger partial charge in [0.1, 0.15) is 11.2 Å². The van der Waals surface area contributed by atoms with Crippen LogP contribution in [0.5, 0.6) is 0 Å². The smallest absolute Gasteiger partial charge is 0.198 e. The summed E-state index contributed by atoms with van der Waals surface area (Å²) in [5, 5.41) is 9.84. The number of hydrogen-bond donors (Lipinski definition) is 1. The molecule has 1 aliphatic rings. The van der Waals surface area contributed by atoms with Crippen molar-refractivity contribution in [3.8, 4) is 38.4 Å². The van der Waals surface area contributed by atoms with E-state index in [2.05, 4.69) is 237 Å². The molecule has 3 nitrogen and oxygen atoms in total. The molecule has 4 heterocycles. The third kappa shape index (κ3) is 6.68. The van der Waals surface area contributed by atoms with Crippen LogP contribution in [0.25, 0.3) is 92.2 Å². The summed E-state index contributed by atoms with van der Waals surface area (Å²) in [6, 6.07) is 58.6. The minimum atomic E-state index is -0.0905. The Labute approximate surface area is 398 Å². The van der Waals surface area contributed by atoms with Gasteiger partial charge in [-0.15, -0.1) is 11.3 Å². The lowest BCUT2D eigenvalue weighted by Crippen LogP contribution is -2.37. The van der Waals surface area contributed by atoms with E-state index >= 15 is 0 Å². The highest BCUT2D eigenvalue weighted by molar-refractivity contribution is 7.23. The summed E-state index contributed by atoms with van der Waals surface area (Å²) < 4.78 is 11.1. The second-order valence-corrected chi connectivity index (χ2v) is 22.7. The van der Waals surface area contributed by atoms with Crippen LogP contribution < -0.4 is 16.2 Å². The van der Waals surface area contributed by atoms with Gasteiger partial charge in [0, 0.05) is 59.3 Å². The van der Waals surface area contributed by atoms with Crippen LogP contribution in [0.3, 0.4) is 0 Å². The molecule has 1 aliphatic heterocycles. The zero-order valence-corrected chi connectivity index (χ0v) is 40.7. The molecule has 0 aliphatic carbocycles. The Morgan fingerprint density at radius 3 is 1.87 bits per heavy atom. The van der Waals surface area contributed by atoms with E-state index in [0.29, 0.717) is 0 Å². The van der Waals surface area contributed by atoms with Crippen LogP contribution in [0.2, 0.25) is 0 Å². The molecule has 327 valence electrons. The van der Waals surface area contributed by atoms with Crippen molar-refractivity contribution in [3.63, 3.8) is 0 Å². The summed E-state index contributed by atoms with van der Waals surface area (Å²) in [7, 11) is 2.49. The highest BCUT2D eigenvalue weighted by atomic mass is 32.1. The van der Waals surface area contributed by atoms with Gasteiger partial charge in [-0.05, 0) is 110 Å². The van der Waals surface area contributed by atoms with E-state index in [1.165, 1.54) is 86.9 Å². The third-order valence-corrected chi connectivity index (χ3v) is 15.3. The summed E-state index contributed by atoms with van der Waals surface area (Å²) in [6.07, 6.45) is 0. The zero-order valence-electron chi connectivity index (χ0n) is 39.9. The molecule has 12 rings (SSSR count). The Bertz CT molecular complexity index is 3770. The van der Waals surface area contributed by atoms with Crippen LogP contribution in [0, 0.1) is 0 Å². The van der Waals surface area contributed by atoms with Crippen molar-refractivity contribution >= 4 is 94.7 Å². The first-order valence-electron chi connectivity index (χ1n) is 23.7. The van der Waals surface area contributed by atoms with Gasteiger partial charge in [0.25, 0.3) is 0 Å². The van der Waals surface area contributed by atoms with Gasteiger partial charge in [-0.2, -0.15) is 0 Å². The molecule has 0 unspecified atom stereocenters. The minimum Gasteiger partial charge on any atom is -0.455 e. The largest absolute Gasteiger partial charge is 0.455 e. The van der Waals surface area contributed by atoms with Crippen LogP contribution >= 0.6 is 11.3 Å². The Kier molecular flexibility index (Phi) is 9.22. The number of nitrogens with zero attached hydrogens (tertiary/aromatic N) is 1. The number of anilines is 2. The second kappa shape index (κ2) is 14.8. The average molecular weight is 886 g/mol. The van der Waals surface area contributed by atoms with Crippen molar-refractivity contribution in [2.24, 2.45) is 0 Å². The lowest BCUT2D eigenvalue weighted by molar-refractivity contribution is 0.590. The number of nitrogens with one attached hydrogen (secondary N) is 1. The van der Waals surface area contributed by atoms with Crippen LogP contribution in [-0.4, -0.2) is 11.8 Å². The van der Waals surface area contributed by atoms with Gasteiger partial charge in [0.2, 0.25) is 0 Å². The number of benzene rings is 8. The van der Waals surface area contributed by atoms with E-state index in [1.807, 2.05) is 11.3 Å². The molecule has 0 bridgehead atoms. The Hall–Kier alpha value is -6.82. The molecular weight excluding hydrogens is 832 g/mol. The number of thiophene rings is 1. The van der Waals surface area contributed by atoms with Crippen molar-refractivity contribution in [1.29, 1.82) is 0 Å². The van der Waals surface area contributed by atoms with E-state index in [4.69, 9.17) is 4.42 Å². The molecule has 67 heavy (non-hydrogen) atoms. The first-order chi connectivity index (χ1) is 32.1. The van der Waals surface area contributed by atoms with Gasteiger partial charge in [-0.1, -0.05) is 171 Å². The van der Waals surface area contributed by atoms with Crippen molar-refractivity contribution in [2.75, 3.05) is 5.32 Å². The van der Waals surface area contributed by atoms with Crippen molar-refractivity contribution in [3.05, 3.63) is 174 Å². The van der Waals surface area contributed by atoms with E-state index < -0.39 is 0 Å². The molecule has 11 aromatic rings. The van der Waals surface area contributed by atoms with E-state index in [9.17, 15) is 0 Å². The Morgan fingerprint density at radius 2 is 1.16 bits per heavy atom. The summed E-state index contributed by atoms with van der Waals surface area (Å²) in [5.74, 6) is 0. The maximum atomic E-state index is 7.24. The molecule has 1 N–H and O–H groups in total. The monoisotopic (exact) mass is 885 g/mol. The van der Waals surface area contributed by atoms with E-state index in [-0.39, 0.29) is 16.2 Å². The lowest BCUT2D eigenvalue weighted by Gasteiger charge is -2.26. The van der Waals surface area contributed by atoms with Crippen LogP contribution in [0.1, 0.15) is 79.0 Å². The fourth-order valence-corrected chi connectivity index (χ4v) is 11.7. The molecule has 5 heteroatoms. The van der Waals surface area contributed by atoms with Crippen molar-refractivity contribution in [1.82, 2.24) is 4.57 Å². The molecule has 0 atom stereocenters. The Balaban J connectivity index is 1.22. The molecule has 0 spiro atoms. The molecule has 3 aromatic heterocycles.